The number of hydrogen-bond donors (Lipinski definition) is 1. The Hall–Kier alpha value is -0.653. The Morgan fingerprint density at radius 2 is 1.52 bits per heavy atom. The minimum Gasteiger partial charge on any atom is -0.207 e. The van der Waals surface area contributed by atoms with Gasteiger partial charge in [-0.2, -0.15) is 0 Å². The maximum atomic E-state index is 12.7. The van der Waals surface area contributed by atoms with E-state index in [0.717, 1.165) is 19.3 Å². The fourth-order valence-electron chi connectivity index (χ4n) is 3.28. The first-order valence-corrected chi connectivity index (χ1v) is 9.48. The summed E-state index contributed by atoms with van der Waals surface area (Å²) in [6.07, 6.45) is 2.81. The molecule has 0 atom stereocenters. The molecule has 5 heteroatoms. The molecule has 0 aliphatic carbocycles. The Labute approximate surface area is 133 Å². The molecule has 1 N–H and O–H groups in total. The molecule has 0 aliphatic heterocycles. The lowest BCUT2D eigenvalue weighted by molar-refractivity contribution is 0.113. The summed E-state index contributed by atoms with van der Waals surface area (Å²) < 4.78 is 28.4. The van der Waals surface area contributed by atoms with E-state index < -0.39 is 15.6 Å². The first-order valence-electron chi connectivity index (χ1n) is 7.50. The van der Waals surface area contributed by atoms with E-state index in [9.17, 15) is 8.42 Å². The van der Waals surface area contributed by atoms with Crippen LogP contribution in [0, 0.1) is 5.41 Å². The monoisotopic (exact) mass is 324 g/mol. The minimum atomic E-state index is -3.56. The van der Waals surface area contributed by atoms with Crippen molar-refractivity contribution < 1.29 is 8.42 Å². The predicted molar refractivity (Wildman–Crippen MR) is 89.5 cm³/mol. The summed E-state index contributed by atoms with van der Waals surface area (Å²) in [6, 6.07) is 6.90. The summed E-state index contributed by atoms with van der Waals surface area (Å²) in [6.45, 7) is 10.3. The Balaban J connectivity index is 3.22. The molecule has 3 radical (unpaired) electrons. The van der Waals surface area contributed by atoms with E-state index in [2.05, 4.69) is 35.7 Å². The van der Waals surface area contributed by atoms with Gasteiger partial charge in [0.1, 0.15) is 0 Å². The third kappa shape index (κ3) is 3.58. The second kappa shape index (κ2) is 6.63. The molecular weight excluding hydrogens is 298 g/mol. The highest BCUT2D eigenvalue weighted by Crippen LogP contribution is 2.42. The van der Waals surface area contributed by atoms with Crippen molar-refractivity contribution >= 4 is 25.5 Å². The smallest absolute Gasteiger partial charge is 0.207 e. The SMILES string of the molecule is CCC(CC)(CC)C(C)(C)NS(=O)(=O)c1ccccc1[Si]. The summed E-state index contributed by atoms with van der Waals surface area (Å²) >= 11 is 0. The molecule has 1 aromatic rings. The van der Waals surface area contributed by atoms with Crippen LogP contribution in [0.5, 0.6) is 0 Å². The van der Waals surface area contributed by atoms with Gasteiger partial charge >= 0.3 is 0 Å². The predicted octanol–water partition coefficient (Wildman–Crippen LogP) is 2.75. The number of rotatable bonds is 7. The normalized spacial score (nSPS) is 13.4. The number of benzene rings is 1. The Bertz CT molecular complexity index is 569. The van der Waals surface area contributed by atoms with Gasteiger partial charge in [0.05, 0.1) is 15.1 Å². The molecule has 117 valence electrons. The molecule has 21 heavy (non-hydrogen) atoms. The quantitative estimate of drug-likeness (QED) is 0.784. The first kappa shape index (κ1) is 18.4. The highest BCUT2D eigenvalue weighted by Gasteiger charge is 2.43. The Morgan fingerprint density at radius 3 is 1.95 bits per heavy atom. The van der Waals surface area contributed by atoms with Crippen LogP contribution in [0.15, 0.2) is 29.2 Å². The van der Waals surface area contributed by atoms with Crippen LogP contribution >= 0.6 is 0 Å². The lowest BCUT2D eigenvalue weighted by Gasteiger charge is -2.46. The summed E-state index contributed by atoms with van der Waals surface area (Å²) in [7, 11) is -0.183. The lowest BCUT2D eigenvalue weighted by atomic mass is 9.66. The van der Waals surface area contributed by atoms with Crippen LogP contribution in [0.2, 0.25) is 0 Å². The van der Waals surface area contributed by atoms with Crippen LogP contribution in [0.1, 0.15) is 53.9 Å². The molecule has 0 aromatic heterocycles. The van der Waals surface area contributed by atoms with Crippen molar-refractivity contribution in [3.05, 3.63) is 24.3 Å². The molecule has 0 saturated carbocycles. The van der Waals surface area contributed by atoms with Crippen LogP contribution in [-0.2, 0) is 10.0 Å². The zero-order valence-corrected chi connectivity index (χ0v) is 15.5. The van der Waals surface area contributed by atoms with Gasteiger partial charge in [0.15, 0.2) is 0 Å². The van der Waals surface area contributed by atoms with Crippen molar-refractivity contribution in [1.29, 1.82) is 0 Å². The number of nitrogens with one attached hydrogen (secondary N) is 1. The van der Waals surface area contributed by atoms with E-state index in [-0.39, 0.29) is 10.3 Å². The van der Waals surface area contributed by atoms with Gasteiger partial charge in [-0.1, -0.05) is 39.0 Å². The summed E-state index contributed by atoms with van der Waals surface area (Å²) in [5.74, 6) is 0. The topological polar surface area (TPSA) is 46.2 Å². The minimum absolute atomic E-state index is 0.0548. The van der Waals surface area contributed by atoms with Crippen LogP contribution in [0.25, 0.3) is 0 Å². The van der Waals surface area contributed by atoms with Crippen molar-refractivity contribution in [3.8, 4) is 0 Å². The van der Waals surface area contributed by atoms with Gasteiger partial charge in [-0.3, -0.25) is 0 Å². The van der Waals surface area contributed by atoms with Crippen LogP contribution in [-0.4, -0.2) is 24.2 Å². The first-order chi connectivity index (χ1) is 9.65. The molecule has 0 unspecified atom stereocenters. The largest absolute Gasteiger partial charge is 0.240 e. The molecule has 1 aromatic carbocycles. The molecule has 3 nitrogen and oxygen atoms in total. The van der Waals surface area contributed by atoms with Crippen molar-refractivity contribution in [2.75, 3.05) is 0 Å². The molecule has 1 rings (SSSR count). The van der Waals surface area contributed by atoms with Crippen LogP contribution < -0.4 is 9.91 Å². The van der Waals surface area contributed by atoms with E-state index in [0.29, 0.717) is 5.19 Å². The molecule has 0 saturated heterocycles. The molecule has 0 bridgehead atoms. The van der Waals surface area contributed by atoms with E-state index in [1.54, 1.807) is 24.3 Å². The van der Waals surface area contributed by atoms with E-state index in [1.165, 1.54) is 0 Å². The van der Waals surface area contributed by atoms with E-state index >= 15 is 0 Å². The van der Waals surface area contributed by atoms with E-state index in [4.69, 9.17) is 0 Å². The van der Waals surface area contributed by atoms with Gasteiger partial charge in [0.25, 0.3) is 0 Å². The van der Waals surface area contributed by atoms with E-state index in [1.807, 2.05) is 13.8 Å². The molecule has 0 aliphatic rings. The molecule has 0 heterocycles. The highest BCUT2D eigenvalue weighted by atomic mass is 32.2. The maximum absolute atomic E-state index is 12.7. The molecular formula is C16H26NO2SSi. The van der Waals surface area contributed by atoms with Gasteiger partial charge in [0.2, 0.25) is 10.0 Å². The third-order valence-electron chi connectivity index (χ3n) is 4.92. The lowest BCUT2D eigenvalue weighted by Crippen LogP contribution is -2.55. The van der Waals surface area contributed by atoms with Gasteiger partial charge in [0, 0.05) is 5.54 Å². The summed E-state index contributed by atoms with van der Waals surface area (Å²) in [5.41, 5.74) is -0.570. The Kier molecular flexibility index (Phi) is 5.81. The second-order valence-electron chi connectivity index (χ2n) is 6.07. The second-order valence-corrected chi connectivity index (χ2v) is 8.26. The standard InChI is InChI=1S/C16H26NO2SSi/c1-6-16(7-2,8-3)15(4,5)17-20(18,19)13-11-9-10-12-14(13)21/h9-12,17H,6-8H2,1-5H3. The van der Waals surface area contributed by atoms with Crippen molar-refractivity contribution in [1.82, 2.24) is 4.72 Å². The number of sulfonamides is 1. The maximum Gasteiger partial charge on any atom is 0.240 e. The average molecular weight is 325 g/mol. The third-order valence-corrected chi connectivity index (χ3v) is 7.25. The zero-order chi connectivity index (χ0) is 16.3. The van der Waals surface area contributed by atoms with Gasteiger partial charge in [-0.05, 0) is 49.8 Å². The molecule has 0 amide bonds. The average Bonchev–Trinajstić information content (AvgIpc) is 2.40. The van der Waals surface area contributed by atoms with Crippen LogP contribution in [0.3, 0.4) is 0 Å². The highest BCUT2D eigenvalue weighted by molar-refractivity contribution is 7.89. The van der Waals surface area contributed by atoms with Gasteiger partial charge in [-0.15, -0.1) is 0 Å². The van der Waals surface area contributed by atoms with Crippen molar-refractivity contribution in [3.63, 3.8) is 0 Å². The fourth-order valence-corrected chi connectivity index (χ4v) is 5.47. The van der Waals surface area contributed by atoms with Gasteiger partial charge < -0.3 is 0 Å². The fraction of sp³-hybridized carbons (Fsp3) is 0.625. The zero-order valence-electron chi connectivity index (χ0n) is 13.7. The number of hydrogen-bond acceptors (Lipinski definition) is 2. The molecule has 0 fully saturated rings. The summed E-state index contributed by atoms with van der Waals surface area (Å²) in [5, 5.41) is 0.580. The van der Waals surface area contributed by atoms with Gasteiger partial charge in [-0.25, -0.2) is 13.1 Å². The molecule has 0 spiro atoms. The summed E-state index contributed by atoms with van der Waals surface area (Å²) in [4.78, 5) is 0.284. The van der Waals surface area contributed by atoms with Crippen molar-refractivity contribution in [2.24, 2.45) is 5.41 Å². The Morgan fingerprint density at radius 1 is 1.05 bits per heavy atom. The van der Waals surface area contributed by atoms with Crippen molar-refractivity contribution in [2.45, 2.75) is 64.3 Å². The van der Waals surface area contributed by atoms with Crippen LogP contribution in [0.4, 0.5) is 0 Å².